The number of hydrogen-bond acceptors (Lipinski definition) is 0. The Kier molecular flexibility index (Phi) is 11.2. The van der Waals surface area contributed by atoms with Gasteiger partial charge in [-0.2, -0.15) is 0 Å². The highest BCUT2D eigenvalue weighted by Gasteiger charge is 2.01. The molecule has 0 N–H and O–H groups in total. The van der Waals surface area contributed by atoms with Crippen molar-refractivity contribution in [3.63, 3.8) is 0 Å². The molecule has 0 radical (unpaired) electrons. The number of unbranched alkanes of at least 4 members (excludes halogenated alkanes) is 6. The smallest absolute Gasteiger partial charge is 0.140 e. The largest absolute Gasteiger partial charge is 0.206 e. The minimum atomic E-state index is -0.334. The van der Waals surface area contributed by atoms with E-state index >= 15 is 0 Å². The summed E-state index contributed by atoms with van der Waals surface area (Å²) in [7, 11) is 0. The number of benzene rings is 3. The molecule has 0 saturated carbocycles. The van der Waals surface area contributed by atoms with Crippen LogP contribution in [0.5, 0.6) is 0 Å². The second-order valence-corrected chi connectivity index (χ2v) is 9.21. The maximum Gasteiger partial charge on any atom is 0.140 e. The molecular weight excluding hydrogens is 427 g/mol. The lowest BCUT2D eigenvalue weighted by atomic mass is 10.0. The van der Waals surface area contributed by atoms with Crippen molar-refractivity contribution in [2.24, 2.45) is 0 Å². The van der Waals surface area contributed by atoms with Crippen LogP contribution in [0.3, 0.4) is 0 Å². The Morgan fingerprint density at radius 1 is 0.514 bits per heavy atom. The van der Waals surface area contributed by atoms with Crippen molar-refractivity contribution in [2.45, 2.75) is 78.1 Å². The van der Waals surface area contributed by atoms with E-state index in [9.17, 15) is 4.39 Å². The Morgan fingerprint density at radius 3 is 1.54 bits per heavy atom. The average molecular weight is 465 g/mol. The predicted octanol–water partition coefficient (Wildman–Crippen LogP) is 8.87. The van der Waals surface area contributed by atoms with Gasteiger partial charge < -0.3 is 0 Å². The van der Waals surface area contributed by atoms with Crippen LogP contribution in [0.4, 0.5) is 4.39 Å². The van der Waals surface area contributed by atoms with E-state index in [1.54, 1.807) is 6.07 Å². The molecule has 0 unspecified atom stereocenters. The molecule has 3 aromatic rings. The molecule has 0 fully saturated rings. The lowest BCUT2D eigenvalue weighted by Gasteiger charge is -2.02. The first kappa shape index (κ1) is 26.3. The van der Waals surface area contributed by atoms with Crippen molar-refractivity contribution >= 4 is 0 Å². The molecule has 1 heteroatoms. The molecule has 3 rings (SSSR count). The molecule has 0 bridgehead atoms. The van der Waals surface area contributed by atoms with E-state index in [0.29, 0.717) is 11.1 Å². The van der Waals surface area contributed by atoms with E-state index in [1.165, 1.54) is 68.6 Å². The topological polar surface area (TPSA) is 0 Å². The summed E-state index contributed by atoms with van der Waals surface area (Å²) in [6.07, 6.45) is 12.4. The van der Waals surface area contributed by atoms with E-state index in [-0.39, 0.29) is 5.82 Å². The molecule has 0 nitrogen and oxygen atoms in total. The van der Waals surface area contributed by atoms with Gasteiger partial charge >= 0.3 is 0 Å². The molecule has 0 aliphatic heterocycles. The van der Waals surface area contributed by atoms with Crippen LogP contribution < -0.4 is 0 Å². The molecule has 0 atom stereocenters. The van der Waals surface area contributed by atoms with E-state index in [2.05, 4.69) is 61.8 Å². The number of aryl methyl sites for hydroxylation is 2. The molecule has 180 valence electrons. The Morgan fingerprint density at radius 2 is 0.971 bits per heavy atom. The van der Waals surface area contributed by atoms with Crippen LogP contribution in [0, 0.1) is 29.5 Å². The Labute approximate surface area is 212 Å². The van der Waals surface area contributed by atoms with Crippen LogP contribution in [-0.2, 0) is 12.8 Å². The van der Waals surface area contributed by atoms with E-state index in [4.69, 9.17) is 0 Å². The summed E-state index contributed by atoms with van der Waals surface area (Å²) in [4.78, 5) is 0. The SMILES string of the molecule is CCCCCCCc1ccc(C#Cc2ccc(C#Cc3ccc(CCCCC)cc3)cc2F)cc1. The third kappa shape index (κ3) is 9.47. The summed E-state index contributed by atoms with van der Waals surface area (Å²) < 4.78 is 14.6. The second kappa shape index (κ2) is 14.9. The monoisotopic (exact) mass is 464 g/mol. The third-order valence-corrected chi connectivity index (χ3v) is 6.21. The molecule has 0 aromatic heterocycles. The molecular formula is C34H37F. The Hall–Kier alpha value is -3.29. The summed E-state index contributed by atoms with van der Waals surface area (Å²) in [6, 6.07) is 21.7. The van der Waals surface area contributed by atoms with Gasteiger partial charge in [-0.15, -0.1) is 0 Å². The molecule has 0 saturated heterocycles. The van der Waals surface area contributed by atoms with Crippen molar-refractivity contribution in [2.75, 3.05) is 0 Å². The highest BCUT2D eigenvalue weighted by Crippen LogP contribution is 2.13. The molecule has 0 heterocycles. The van der Waals surface area contributed by atoms with Crippen LogP contribution in [-0.4, -0.2) is 0 Å². The molecule has 35 heavy (non-hydrogen) atoms. The fraction of sp³-hybridized carbons (Fsp3) is 0.353. The maximum absolute atomic E-state index is 14.6. The zero-order chi connectivity index (χ0) is 24.7. The predicted molar refractivity (Wildman–Crippen MR) is 147 cm³/mol. The van der Waals surface area contributed by atoms with Crippen LogP contribution in [0.15, 0.2) is 66.7 Å². The average Bonchev–Trinajstić information content (AvgIpc) is 2.88. The lowest BCUT2D eigenvalue weighted by Crippen LogP contribution is -1.88. The van der Waals surface area contributed by atoms with Gasteiger partial charge in [0.15, 0.2) is 0 Å². The standard InChI is InChI=1S/C34H37F/c1-3-5-7-8-10-12-29-15-19-31(20-16-29)23-25-33-26-24-32(27-34(33)35)22-21-30-17-13-28(14-18-30)11-9-6-4-2/h13-20,24,26-27H,3-12H2,1-2H3. The van der Waals surface area contributed by atoms with E-state index in [1.807, 2.05) is 30.3 Å². The van der Waals surface area contributed by atoms with Crippen LogP contribution in [0.25, 0.3) is 0 Å². The van der Waals surface area contributed by atoms with Gasteiger partial charge in [0.25, 0.3) is 0 Å². The summed E-state index contributed by atoms with van der Waals surface area (Å²) in [5.74, 6) is 11.9. The van der Waals surface area contributed by atoms with Gasteiger partial charge in [-0.1, -0.05) is 100 Å². The van der Waals surface area contributed by atoms with Crippen molar-refractivity contribution in [1.29, 1.82) is 0 Å². The van der Waals surface area contributed by atoms with Gasteiger partial charge in [-0.3, -0.25) is 0 Å². The van der Waals surface area contributed by atoms with Crippen LogP contribution in [0.2, 0.25) is 0 Å². The summed E-state index contributed by atoms with van der Waals surface area (Å²) >= 11 is 0. The number of halogens is 1. The fourth-order valence-electron chi connectivity index (χ4n) is 4.00. The van der Waals surface area contributed by atoms with Crippen LogP contribution in [0.1, 0.15) is 98.6 Å². The molecule has 0 aliphatic carbocycles. The van der Waals surface area contributed by atoms with Crippen molar-refractivity contribution < 1.29 is 4.39 Å². The summed E-state index contributed by atoms with van der Waals surface area (Å²) in [5.41, 5.74) is 5.58. The minimum absolute atomic E-state index is 0.334. The van der Waals surface area contributed by atoms with Crippen LogP contribution >= 0.6 is 0 Å². The van der Waals surface area contributed by atoms with Crippen molar-refractivity contribution in [3.8, 4) is 23.7 Å². The first-order valence-electron chi connectivity index (χ1n) is 13.2. The quantitative estimate of drug-likeness (QED) is 0.208. The highest BCUT2D eigenvalue weighted by atomic mass is 19.1. The Bertz CT molecular complexity index is 1160. The maximum atomic E-state index is 14.6. The van der Waals surface area contributed by atoms with Gasteiger partial charge in [-0.05, 0) is 79.3 Å². The van der Waals surface area contributed by atoms with Gasteiger partial charge in [0.05, 0.1) is 5.56 Å². The highest BCUT2D eigenvalue weighted by molar-refractivity contribution is 5.49. The van der Waals surface area contributed by atoms with Gasteiger partial charge in [-0.25, -0.2) is 4.39 Å². The second-order valence-electron chi connectivity index (χ2n) is 9.21. The molecule has 0 aliphatic rings. The Balaban J connectivity index is 1.56. The number of hydrogen-bond donors (Lipinski definition) is 0. The first-order chi connectivity index (χ1) is 17.2. The van der Waals surface area contributed by atoms with Gasteiger partial charge in [0.2, 0.25) is 0 Å². The lowest BCUT2D eigenvalue weighted by molar-refractivity contribution is 0.624. The number of rotatable bonds is 10. The fourth-order valence-corrected chi connectivity index (χ4v) is 4.00. The zero-order valence-electron chi connectivity index (χ0n) is 21.3. The minimum Gasteiger partial charge on any atom is -0.206 e. The zero-order valence-corrected chi connectivity index (χ0v) is 21.3. The summed E-state index contributed by atoms with van der Waals surface area (Å²) in [6.45, 7) is 4.46. The summed E-state index contributed by atoms with van der Waals surface area (Å²) in [5, 5.41) is 0. The first-order valence-corrected chi connectivity index (χ1v) is 13.2. The van der Waals surface area contributed by atoms with Crippen molar-refractivity contribution in [1.82, 2.24) is 0 Å². The van der Waals surface area contributed by atoms with E-state index in [0.717, 1.165) is 24.0 Å². The molecule has 0 amide bonds. The van der Waals surface area contributed by atoms with Crippen molar-refractivity contribution in [3.05, 3.63) is 106 Å². The molecule has 3 aromatic carbocycles. The van der Waals surface area contributed by atoms with E-state index < -0.39 is 0 Å². The molecule has 0 spiro atoms. The third-order valence-electron chi connectivity index (χ3n) is 6.21. The normalized spacial score (nSPS) is 10.3. The van der Waals surface area contributed by atoms with Gasteiger partial charge in [0.1, 0.15) is 5.82 Å². The van der Waals surface area contributed by atoms with Gasteiger partial charge in [0, 0.05) is 16.7 Å².